The van der Waals surface area contributed by atoms with Gasteiger partial charge in [0, 0.05) is 35.5 Å². The molecule has 0 saturated heterocycles. The molecule has 1 amide bonds. The van der Waals surface area contributed by atoms with Crippen molar-refractivity contribution < 1.29 is 23.5 Å². The number of benzene rings is 3. The molecular weight excluding hydrogens is 507 g/mol. The molecule has 6 nitrogen and oxygen atoms in total. The smallest absolute Gasteiger partial charge is 0.305 e. The molecule has 0 fully saturated rings. The zero-order valence-corrected chi connectivity index (χ0v) is 22.8. The number of carbonyl (C=O) groups is 2. The van der Waals surface area contributed by atoms with E-state index in [1.165, 1.54) is 19.2 Å². The van der Waals surface area contributed by atoms with Crippen LogP contribution in [0, 0.1) is 19.7 Å². The molecule has 38 heavy (non-hydrogen) atoms. The Morgan fingerprint density at radius 1 is 1.05 bits per heavy atom. The maximum atomic E-state index is 14.6. The van der Waals surface area contributed by atoms with Crippen molar-refractivity contribution in [1.82, 2.24) is 9.88 Å². The van der Waals surface area contributed by atoms with Crippen LogP contribution < -0.4 is 10.1 Å². The van der Waals surface area contributed by atoms with Gasteiger partial charge in [-0.2, -0.15) is 0 Å². The molecule has 4 aromatic rings. The third-order valence-electron chi connectivity index (χ3n) is 6.75. The lowest BCUT2D eigenvalue weighted by atomic mass is 10.0. The number of nitrogens with one attached hydrogen (secondary N) is 1. The average Bonchev–Trinajstić information content (AvgIpc) is 3.11. The van der Waals surface area contributed by atoms with Gasteiger partial charge in [-0.3, -0.25) is 9.59 Å². The van der Waals surface area contributed by atoms with Gasteiger partial charge in [0.15, 0.2) is 0 Å². The molecular formula is C30H30ClFN2O4. The zero-order chi connectivity index (χ0) is 27.6. The third-order valence-corrected chi connectivity index (χ3v) is 6.98. The van der Waals surface area contributed by atoms with Crippen molar-refractivity contribution in [2.45, 2.75) is 39.7 Å². The fraction of sp³-hybridized carbons (Fsp3) is 0.267. The summed E-state index contributed by atoms with van der Waals surface area (Å²) in [6.07, 6.45) is 0.851. The Morgan fingerprint density at radius 3 is 2.53 bits per heavy atom. The van der Waals surface area contributed by atoms with E-state index in [0.29, 0.717) is 40.6 Å². The quantitative estimate of drug-likeness (QED) is 0.247. The van der Waals surface area contributed by atoms with Gasteiger partial charge in [-0.05, 0) is 91.9 Å². The minimum absolute atomic E-state index is 0.266. The second-order valence-corrected chi connectivity index (χ2v) is 9.81. The highest BCUT2D eigenvalue weighted by Gasteiger charge is 2.21. The molecule has 1 N–H and O–H groups in total. The number of rotatable bonds is 8. The number of hydrogen-bond donors (Lipinski definition) is 1. The molecule has 1 heterocycles. The Morgan fingerprint density at radius 2 is 1.82 bits per heavy atom. The second-order valence-electron chi connectivity index (χ2n) is 9.38. The van der Waals surface area contributed by atoms with Crippen LogP contribution >= 0.6 is 11.6 Å². The number of hydrogen-bond acceptors (Lipinski definition) is 4. The molecule has 0 aliphatic rings. The van der Waals surface area contributed by atoms with E-state index in [9.17, 15) is 14.0 Å². The standard InChI is InChI=1S/C30H30ClFN2O4/c1-17-12-24(9-6-20(17)7-11-28(35)37-5)38-25-14-21(13-23(32)16-25)19(3)33-30(36)29-18(2)26-15-22(31)8-10-27(26)34(29)4/h6,8-10,12-16,19H,7,11H2,1-5H3,(H,33,36). The second kappa shape index (κ2) is 11.3. The Labute approximate surface area is 226 Å². The summed E-state index contributed by atoms with van der Waals surface area (Å²) in [5.41, 5.74) is 4.77. The zero-order valence-electron chi connectivity index (χ0n) is 22.0. The van der Waals surface area contributed by atoms with Gasteiger partial charge in [-0.25, -0.2) is 4.39 Å². The Hall–Kier alpha value is -3.84. The van der Waals surface area contributed by atoms with Gasteiger partial charge < -0.3 is 19.4 Å². The van der Waals surface area contributed by atoms with Crippen molar-refractivity contribution in [3.05, 3.63) is 93.4 Å². The van der Waals surface area contributed by atoms with Gasteiger partial charge in [0.05, 0.1) is 13.2 Å². The van der Waals surface area contributed by atoms with E-state index in [-0.39, 0.29) is 11.9 Å². The van der Waals surface area contributed by atoms with Crippen LogP contribution in [-0.2, 0) is 23.0 Å². The van der Waals surface area contributed by atoms with Crippen molar-refractivity contribution in [1.29, 1.82) is 0 Å². The predicted molar refractivity (Wildman–Crippen MR) is 147 cm³/mol. The SMILES string of the molecule is COC(=O)CCc1ccc(Oc2cc(F)cc(C(C)NC(=O)c3c(C)c4cc(Cl)ccc4n3C)c2)cc1C. The largest absolute Gasteiger partial charge is 0.469 e. The highest BCUT2D eigenvalue weighted by molar-refractivity contribution is 6.31. The first-order chi connectivity index (χ1) is 18.1. The number of amides is 1. The van der Waals surface area contributed by atoms with E-state index in [0.717, 1.165) is 27.6 Å². The van der Waals surface area contributed by atoms with Gasteiger partial charge in [0.1, 0.15) is 23.0 Å². The number of ether oxygens (including phenoxy) is 2. The first kappa shape index (κ1) is 27.2. The van der Waals surface area contributed by atoms with Crippen molar-refractivity contribution in [3.8, 4) is 11.5 Å². The number of nitrogens with zero attached hydrogens (tertiary/aromatic N) is 1. The first-order valence-corrected chi connectivity index (χ1v) is 12.6. The topological polar surface area (TPSA) is 69.6 Å². The summed E-state index contributed by atoms with van der Waals surface area (Å²) in [4.78, 5) is 24.7. The minimum Gasteiger partial charge on any atom is -0.469 e. The Balaban J connectivity index is 1.51. The molecule has 1 atom stereocenters. The van der Waals surface area contributed by atoms with Gasteiger partial charge in [-0.1, -0.05) is 17.7 Å². The predicted octanol–water partition coefficient (Wildman–Crippen LogP) is 6.98. The molecule has 0 bridgehead atoms. The van der Waals surface area contributed by atoms with Crippen LogP contribution in [0.2, 0.25) is 5.02 Å². The Bertz CT molecular complexity index is 1530. The summed E-state index contributed by atoms with van der Waals surface area (Å²) >= 11 is 6.16. The summed E-state index contributed by atoms with van der Waals surface area (Å²) < 4.78 is 27.0. The van der Waals surface area contributed by atoms with Gasteiger partial charge in [0.25, 0.3) is 5.91 Å². The number of fused-ring (bicyclic) bond motifs is 1. The molecule has 8 heteroatoms. The highest BCUT2D eigenvalue weighted by atomic mass is 35.5. The van der Waals surface area contributed by atoms with Crippen molar-refractivity contribution in [2.24, 2.45) is 7.05 Å². The van der Waals surface area contributed by atoms with Crippen molar-refractivity contribution in [2.75, 3.05) is 7.11 Å². The minimum atomic E-state index is -0.482. The molecule has 0 radical (unpaired) electrons. The highest BCUT2D eigenvalue weighted by Crippen LogP contribution is 2.30. The summed E-state index contributed by atoms with van der Waals surface area (Å²) in [6, 6.07) is 14.9. The third kappa shape index (κ3) is 5.83. The fourth-order valence-electron chi connectivity index (χ4n) is 4.65. The summed E-state index contributed by atoms with van der Waals surface area (Å²) in [7, 11) is 3.20. The van der Waals surface area contributed by atoms with Gasteiger partial charge in [-0.15, -0.1) is 0 Å². The van der Waals surface area contributed by atoms with Crippen molar-refractivity contribution >= 4 is 34.4 Å². The number of methoxy groups -OCH3 is 1. The van der Waals surface area contributed by atoms with Gasteiger partial charge in [0.2, 0.25) is 0 Å². The summed E-state index contributed by atoms with van der Waals surface area (Å²) in [5, 5.41) is 4.49. The Kier molecular flexibility index (Phi) is 8.07. The molecule has 4 rings (SSSR count). The van der Waals surface area contributed by atoms with E-state index in [1.807, 2.05) is 49.7 Å². The van der Waals surface area contributed by atoms with E-state index < -0.39 is 11.9 Å². The maximum absolute atomic E-state index is 14.6. The molecule has 1 aromatic heterocycles. The lowest BCUT2D eigenvalue weighted by molar-refractivity contribution is -0.140. The number of aromatic nitrogens is 1. The van der Waals surface area contributed by atoms with Crippen molar-refractivity contribution in [3.63, 3.8) is 0 Å². The van der Waals surface area contributed by atoms with Crippen LogP contribution in [0.5, 0.6) is 11.5 Å². The van der Waals surface area contributed by atoms with Crippen LogP contribution in [0.3, 0.4) is 0 Å². The lowest BCUT2D eigenvalue weighted by Gasteiger charge is -2.17. The van der Waals surface area contributed by atoms with Crippen LogP contribution in [0.1, 0.15) is 52.1 Å². The molecule has 198 valence electrons. The summed E-state index contributed by atoms with van der Waals surface area (Å²) in [5.74, 6) is -0.145. The fourth-order valence-corrected chi connectivity index (χ4v) is 4.82. The molecule has 3 aromatic carbocycles. The van der Waals surface area contributed by atoms with E-state index >= 15 is 0 Å². The lowest BCUT2D eigenvalue weighted by Crippen LogP contribution is -2.29. The maximum Gasteiger partial charge on any atom is 0.305 e. The number of halogens is 2. The summed E-state index contributed by atoms with van der Waals surface area (Å²) in [6.45, 7) is 5.61. The molecule has 0 saturated carbocycles. The molecule has 1 unspecified atom stereocenters. The number of carbonyl (C=O) groups excluding carboxylic acids is 2. The van der Waals surface area contributed by atoms with E-state index in [2.05, 4.69) is 5.32 Å². The van der Waals surface area contributed by atoms with E-state index in [4.69, 9.17) is 21.1 Å². The van der Waals surface area contributed by atoms with Crippen LogP contribution in [-0.4, -0.2) is 23.6 Å². The van der Waals surface area contributed by atoms with Gasteiger partial charge >= 0.3 is 5.97 Å². The molecule has 0 spiro atoms. The average molecular weight is 537 g/mol. The van der Waals surface area contributed by atoms with Crippen LogP contribution in [0.4, 0.5) is 4.39 Å². The normalized spacial score (nSPS) is 11.9. The first-order valence-electron chi connectivity index (χ1n) is 12.3. The van der Waals surface area contributed by atoms with Crippen LogP contribution in [0.25, 0.3) is 10.9 Å². The number of esters is 1. The van der Waals surface area contributed by atoms with E-state index in [1.54, 1.807) is 25.1 Å². The van der Waals surface area contributed by atoms with Crippen LogP contribution in [0.15, 0.2) is 54.6 Å². The number of aryl methyl sites for hydroxylation is 4. The molecule has 0 aliphatic heterocycles. The molecule has 0 aliphatic carbocycles. The monoisotopic (exact) mass is 536 g/mol.